The van der Waals surface area contributed by atoms with Crippen molar-refractivity contribution in [3.8, 4) is 12.1 Å². The van der Waals surface area contributed by atoms with Crippen LogP contribution in [-0.4, -0.2) is 4.98 Å². The Labute approximate surface area is 85.6 Å². The molecule has 0 aliphatic carbocycles. The largest absolute Gasteiger partial charge is 0.265 e. The third kappa shape index (κ3) is 2.26. The van der Waals surface area contributed by atoms with Crippen molar-refractivity contribution in [2.45, 2.75) is 19.8 Å². The highest BCUT2D eigenvalue weighted by Gasteiger charge is 2.15. The quantitative estimate of drug-likeness (QED) is 0.747. The Bertz CT molecular complexity index is 455. The van der Waals surface area contributed by atoms with Gasteiger partial charge in [-0.05, 0) is 13.0 Å². The smallest absolute Gasteiger partial charge is 0.242 e. The molecule has 1 rings (SSSR count). The SMILES string of the molecule is Cc1nc(C#N)c(CC#N)cc1C(F)F. The molecule has 5 heteroatoms. The lowest BCUT2D eigenvalue weighted by molar-refractivity contribution is 0.150. The number of alkyl halides is 2. The average molecular weight is 207 g/mol. The molecule has 3 nitrogen and oxygen atoms in total. The predicted molar refractivity (Wildman–Crippen MR) is 48.0 cm³/mol. The molecule has 0 fully saturated rings. The Morgan fingerprint density at radius 2 is 2.13 bits per heavy atom. The average Bonchev–Trinajstić information content (AvgIpc) is 2.20. The summed E-state index contributed by atoms with van der Waals surface area (Å²) in [5, 5.41) is 17.2. The minimum atomic E-state index is -2.64. The minimum absolute atomic E-state index is 0.0402. The molecule has 0 aliphatic heterocycles. The van der Waals surface area contributed by atoms with E-state index in [0.717, 1.165) is 0 Å². The molecule has 0 saturated heterocycles. The predicted octanol–water partition coefficient (Wildman–Crippen LogP) is 2.27. The molecule has 0 bridgehead atoms. The lowest BCUT2D eigenvalue weighted by Gasteiger charge is -2.06. The second kappa shape index (κ2) is 4.47. The van der Waals surface area contributed by atoms with E-state index in [-0.39, 0.29) is 28.9 Å². The number of nitrogens with zero attached hydrogens (tertiary/aromatic N) is 3. The van der Waals surface area contributed by atoms with Crippen molar-refractivity contribution in [2.24, 2.45) is 0 Å². The summed E-state index contributed by atoms with van der Waals surface area (Å²) in [5.41, 5.74) is 0.196. The Balaban J connectivity index is 3.33. The number of nitriles is 2. The van der Waals surface area contributed by atoms with Gasteiger partial charge in [0, 0.05) is 16.8 Å². The van der Waals surface area contributed by atoms with E-state index in [1.54, 1.807) is 6.07 Å². The molecule has 0 unspecified atom stereocenters. The van der Waals surface area contributed by atoms with Gasteiger partial charge in [0.1, 0.15) is 11.8 Å². The molecule has 0 aromatic carbocycles. The Kier molecular flexibility index (Phi) is 3.30. The van der Waals surface area contributed by atoms with Gasteiger partial charge in [0.15, 0.2) is 0 Å². The summed E-state index contributed by atoms with van der Waals surface area (Å²) in [7, 11) is 0. The van der Waals surface area contributed by atoms with E-state index < -0.39 is 6.43 Å². The monoisotopic (exact) mass is 207 g/mol. The maximum Gasteiger partial charge on any atom is 0.265 e. The van der Waals surface area contributed by atoms with Crippen LogP contribution in [0.1, 0.15) is 28.9 Å². The highest BCUT2D eigenvalue weighted by atomic mass is 19.3. The van der Waals surface area contributed by atoms with Crippen LogP contribution in [0.15, 0.2) is 6.07 Å². The molecule has 0 radical (unpaired) electrons. The van der Waals surface area contributed by atoms with Gasteiger partial charge in [-0.15, -0.1) is 0 Å². The molecule has 0 saturated carbocycles. The van der Waals surface area contributed by atoms with E-state index in [2.05, 4.69) is 4.98 Å². The van der Waals surface area contributed by atoms with E-state index in [4.69, 9.17) is 10.5 Å². The Morgan fingerprint density at radius 1 is 1.47 bits per heavy atom. The van der Waals surface area contributed by atoms with Crippen LogP contribution in [0.4, 0.5) is 8.78 Å². The second-order valence-electron chi connectivity index (χ2n) is 2.92. The summed E-state index contributed by atoms with van der Waals surface area (Å²) in [5.74, 6) is 0. The number of hydrogen-bond donors (Lipinski definition) is 0. The third-order valence-corrected chi connectivity index (χ3v) is 1.94. The van der Waals surface area contributed by atoms with Gasteiger partial charge in [-0.3, -0.25) is 0 Å². The summed E-state index contributed by atoms with van der Waals surface area (Å²) in [6, 6.07) is 4.76. The summed E-state index contributed by atoms with van der Waals surface area (Å²) < 4.78 is 25.0. The van der Waals surface area contributed by atoms with E-state index in [0.29, 0.717) is 0 Å². The van der Waals surface area contributed by atoms with Crippen LogP contribution in [0.5, 0.6) is 0 Å². The summed E-state index contributed by atoms with van der Waals surface area (Å²) >= 11 is 0. The van der Waals surface area contributed by atoms with Crippen molar-refractivity contribution < 1.29 is 8.78 Å². The lowest BCUT2D eigenvalue weighted by atomic mass is 10.1. The Hall–Kier alpha value is -2.01. The zero-order valence-electron chi connectivity index (χ0n) is 7.96. The van der Waals surface area contributed by atoms with Gasteiger partial charge in [-0.1, -0.05) is 0 Å². The fourth-order valence-electron chi connectivity index (χ4n) is 1.20. The molecule has 0 atom stereocenters. The van der Waals surface area contributed by atoms with E-state index in [1.165, 1.54) is 13.0 Å². The van der Waals surface area contributed by atoms with Gasteiger partial charge in [0.25, 0.3) is 6.43 Å². The second-order valence-corrected chi connectivity index (χ2v) is 2.92. The molecule has 1 aromatic heterocycles. The zero-order valence-corrected chi connectivity index (χ0v) is 7.96. The fraction of sp³-hybridized carbons (Fsp3) is 0.300. The van der Waals surface area contributed by atoms with Crippen LogP contribution in [0.2, 0.25) is 0 Å². The standard InChI is InChI=1S/C10H7F2N3/c1-6-8(10(11)12)4-7(2-3-13)9(5-14)15-6/h4,10H,2H2,1H3. The molecular weight excluding hydrogens is 200 g/mol. The van der Waals surface area contributed by atoms with Gasteiger partial charge >= 0.3 is 0 Å². The van der Waals surface area contributed by atoms with Crippen molar-refractivity contribution in [1.82, 2.24) is 4.98 Å². The van der Waals surface area contributed by atoms with Crippen molar-refractivity contribution in [1.29, 1.82) is 10.5 Å². The number of halogens is 2. The van der Waals surface area contributed by atoms with Crippen LogP contribution in [-0.2, 0) is 6.42 Å². The molecule has 0 spiro atoms. The number of rotatable bonds is 2. The molecule has 0 aliphatic rings. The van der Waals surface area contributed by atoms with Gasteiger partial charge in [0.05, 0.1) is 12.5 Å². The molecule has 76 valence electrons. The van der Waals surface area contributed by atoms with Crippen LogP contribution in [0.25, 0.3) is 0 Å². The number of aryl methyl sites for hydroxylation is 1. The highest BCUT2D eigenvalue weighted by molar-refractivity contribution is 5.38. The van der Waals surface area contributed by atoms with Crippen LogP contribution < -0.4 is 0 Å². The first-order valence-electron chi connectivity index (χ1n) is 4.15. The highest BCUT2D eigenvalue weighted by Crippen LogP contribution is 2.23. The number of hydrogen-bond acceptors (Lipinski definition) is 3. The zero-order chi connectivity index (χ0) is 11.4. The first-order chi connectivity index (χ1) is 7.10. The molecule has 1 aromatic rings. The number of pyridine rings is 1. The first kappa shape index (κ1) is 11.1. The summed E-state index contributed by atoms with van der Waals surface area (Å²) in [4.78, 5) is 3.74. The van der Waals surface area contributed by atoms with Gasteiger partial charge < -0.3 is 0 Å². The Morgan fingerprint density at radius 3 is 2.60 bits per heavy atom. The van der Waals surface area contributed by atoms with E-state index in [9.17, 15) is 8.78 Å². The molecule has 15 heavy (non-hydrogen) atoms. The third-order valence-electron chi connectivity index (χ3n) is 1.94. The van der Waals surface area contributed by atoms with E-state index >= 15 is 0 Å². The van der Waals surface area contributed by atoms with Crippen molar-refractivity contribution in [2.75, 3.05) is 0 Å². The lowest BCUT2D eigenvalue weighted by Crippen LogP contribution is -2.01. The van der Waals surface area contributed by atoms with Crippen molar-refractivity contribution in [3.05, 3.63) is 28.6 Å². The molecule has 0 amide bonds. The van der Waals surface area contributed by atoms with E-state index in [1.807, 2.05) is 6.07 Å². The molecule has 0 N–H and O–H groups in total. The van der Waals surface area contributed by atoms with Crippen molar-refractivity contribution >= 4 is 0 Å². The summed E-state index contributed by atoms with van der Waals surface area (Å²) in [6.07, 6.45) is -2.72. The topological polar surface area (TPSA) is 60.5 Å². The molecular formula is C10H7F2N3. The van der Waals surface area contributed by atoms with Crippen molar-refractivity contribution in [3.63, 3.8) is 0 Å². The maximum atomic E-state index is 12.5. The van der Waals surface area contributed by atoms with Gasteiger partial charge in [-0.2, -0.15) is 10.5 Å². The van der Waals surface area contributed by atoms with Crippen LogP contribution in [0.3, 0.4) is 0 Å². The normalized spacial score (nSPS) is 9.73. The van der Waals surface area contributed by atoms with Crippen LogP contribution >= 0.6 is 0 Å². The molecule has 1 heterocycles. The van der Waals surface area contributed by atoms with Gasteiger partial charge in [0.2, 0.25) is 0 Å². The van der Waals surface area contributed by atoms with Crippen LogP contribution in [0, 0.1) is 29.6 Å². The minimum Gasteiger partial charge on any atom is -0.242 e. The first-order valence-corrected chi connectivity index (χ1v) is 4.15. The maximum absolute atomic E-state index is 12.5. The fourth-order valence-corrected chi connectivity index (χ4v) is 1.20. The number of aromatic nitrogens is 1. The van der Waals surface area contributed by atoms with Gasteiger partial charge in [-0.25, -0.2) is 13.8 Å². The summed E-state index contributed by atoms with van der Waals surface area (Å²) in [6.45, 7) is 1.42.